The number of nitro benzene ring substituents is 1. The molecule has 0 N–H and O–H groups in total. The Bertz CT molecular complexity index is 1090. The van der Waals surface area contributed by atoms with E-state index in [1.807, 2.05) is 31.2 Å². The van der Waals surface area contributed by atoms with E-state index in [2.05, 4.69) is 15.3 Å². The zero-order valence-electron chi connectivity index (χ0n) is 13.7. The third-order valence-electron chi connectivity index (χ3n) is 3.83. The summed E-state index contributed by atoms with van der Waals surface area (Å²) in [5.74, 6) is 1.23. The van der Waals surface area contributed by atoms with Crippen molar-refractivity contribution in [1.82, 2.24) is 19.8 Å². The van der Waals surface area contributed by atoms with E-state index in [0.29, 0.717) is 16.5 Å². The number of nitrogens with zero attached hydrogens (tertiary/aromatic N) is 5. The molecule has 0 amide bonds. The number of nitro groups is 1. The number of hydrogen-bond donors (Lipinski definition) is 0. The zero-order chi connectivity index (χ0) is 18.1. The zero-order valence-corrected chi connectivity index (χ0v) is 14.5. The number of benzene rings is 2. The normalized spacial score (nSPS) is 11.0. The fraction of sp³-hybridized carbons (Fsp3) is 0.118. The highest BCUT2D eigenvalue weighted by atomic mass is 32.1. The summed E-state index contributed by atoms with van der Waals surface area (Å²) >= 11 is 1.39. The Morgan fingerprint density at radius 1 is 1.15 bits per heavy atom. The van der Waals surface area contributed by atoms with Gasteiger partial charge in [0, 0.05) is 17.7 Å². The van der Waals surface area contributed by atoms with Crippen molar-refractivity contribution >= 4 is 22.0 Å². The van der Waals surface area contributed by atoms with E-state index in [0.717, 1.165) is 16.1 Å². The van der Waals surface area contributed by atoms with E-state index in [9.17, 15) is 10.1 Å². The first-order chi connectivity index (χ1) is 12.6. The SMILES string of the molecule is Cc1ccccc1-c1nnc2sc(COc3ccc([N+](=O)[O-])cc3)nn12. The quantitative estimate of drug-likeness (QED) is 0.395. The summed E-state index contributed by atoms with van der Waals surface area (Å²) in [6.07, 6.45) is 0. The Morgan fingerprint density at radius 2 is 1.92 bits per heavy atom. The Labute approximate surface area is 151 Å². The molecule has 0 aliphatic carbocycles. The molecule has 4 aromatic rings. The fourth-order valence-corrected chi connectivity index (χ4v) is 3.26. The third kappa shape index (κ3) is 3.00. The van der Waals surface area contributed by atoms with Crippen LogP contribution in [0, 0.1) is 17.0 Å². The monoisotopic (exact) mass is 367 g/mol. The van der Waals surface area contributed by atoms with E-state index < -0.39 is 4.92 Å². The third-order valence-corrected chi connectivity index (χ3v) is 4.70. The van der Waals surface area contributed by atoms with Gasteiger partial charge in [-0.1, -0.05) is 35.6 Å². The lowest BCUT2D eigenvalue weighted by atomic mass is 10.1. The molecule has 2 heterocycles. The highest BCUT2D eigenvalue weighted by Crippen LogP contribution is 2.25. The molecule has 0 saturated heterocycles. The van der Waals surface area contributed by atoms with Gasteiger partial charge in [-0.3, -0.25) is 10.1 Å². The molecule has 26 heavy (non-hydrogen) atoms. The van der Waals surface area contributed by atoms with Crippen molar-refractivity contribution in [3.05, 3.63) is 69.2 Å². The largest absolute Gasteiger partial charge is 0.486 e. The Kier molecular flexibility index (Phi) is 4.05. The molecule has 0 aliphatic heterocycles. The van der Waals surface area contributed by atoms with Crippen LogP contribution in [0.5, 0.6) is 5.75 Å². The minimum absolute atomic E-state index is 0.0269. The van der Waals surface area contributed by atoms with Gasteiger partial charge >= 0.3 is 0 Å². The Hall–Kier alpha value is -3.33. The maximum atomic E-state index is 10.7. The summed E-state index contributed by atoms with van der Waals surface area (Å²) in [4.78, 5) is 10.9. The lowest BCUT2D eigenvalue weighted by Gasteiger charge is -2.03. The minimum Gasteiger partial charge on any atom is -0.486 e. The van der Waals surface area contributed by atoms with Crippen LogP contribution in [0.4, 0.5) is 5.69 Å². The molecule has 0 aliphatic rings. The van der Waals surface area contributed by atoms with Crippen LogP contribution in [-0.2, 0) is 6.61 Å². The molecule has 9 heteroatoms. The summed E-state index contributed by atoms with van der Waals surface area (Å²) in [6.45, 7) is 2.26. The predicted octanol–water partition coefficient (Wildman–Crippen LogP) is 3.65. The average Bonchev–Trinajstić information content (AvgIpc) is 3.21. The van der Waals surface area contributed by atoms with Crippen LogP contribution in [0.3, 0.4) is 0 Å². The number of aryl methyl sites for hydroxylation is 1. The van der Waals surface area contributed by atoms with Crippen molar-refractivity contribution in [2.24, 2.45) is 0 Å². The smallest absolute Gasteiger partial charge is 0.269 e. The second kappa shape index (κ2) is 6.52. The molecular weight excluding hydrogens is 354 g/mol. The van der Waals surface area contributed by atoms with Crippen LogP contribution in [0.1, 0.15) is 10.6 Å². The molecule has 2 aromatic carbocycles. The van der Waals surface area contributed by atoms with Gasteiger partial charge in [-0.15, -0.1) is 10.2 Å². The molecular formula is C17H13N5O3S. The van der Waals surface area contributed by atoms with Crippen molar-refractivity contribution in [3.63, 3.8) is 0 Å². The van der Waals surface area contributed by atoms with Gasteiger partial charge in [0.15, 0.2) is 10.8 Å². The summed E-state index contributed by atoms with van der Waals surface area (Å²) in [5, 5.41) is 24.4. The average molecular weight is 367 g/mol. The molecule has 8 nitrogen and oxygen atoms in total. The molecule has 130 valence electrons. The molecule has 2 aromatic heterocycles. The van der Waals surface area contributed by atoms with Crippen LogP contribution in [0.15, 0.2) is 48.5 Å². The summed E-state index contributed by atoms with van der Waals surface area (Å²) in [5.41, 5.74) is 2.10. The second-order valence-electron chi connectivity index (χ2n) is 5.57. The van der Waals surface area contributed by atoms with Crippen molar-refractivity contribution in [2.75, 3.05) is 0 Å². The van der Waals surface area contributed by atoms with Gasteiger partial charge in [-0.2, -0.15) is 9.61 Å². The summed E-state index contributed by atoms with van der Waals surface area (Å²) in [6, 6.07) is 13.9. The maximum absolute atomic E-state index is 10.7. The van der Waals surface area contributed by atoms with Crippen LogP contribution in [-0.4, -0.2) is 24.7 Å². The highest BCUT2D eigenvalue weighted by Gasteiger charge is 2.15. The first kappa shape index (κ1) is 16.2. The maximum Gasteiger partial charge on any atom is 0.269 e. The number of rotatable bonds is 5. The van der Waals surface area contributed by atoms with E-state index in [1.54, 1.807) is 16.6 Å². The Morgan fingerprint density at radius 3 is 2.65 bits per heavy atom. The first-order valence-corrected chi connectivity index (χ1v) is 8.58. The van der Waals surface area contributed by atoms with Gasteiger partial charge in [0.05, 0.1) is 4.92 Å². The van der Waals surface area contributed by atoms with E-state index in [-0.39, 0.29) is 12.3 Å². The first-order valence-electron chi connectivity index (χ1n) is 7.76. The summed E-state index contributed by atoms with van der Waals surface area (Å²) < 4.78 is 7.37. The van der Waals surface area contributed by atoms with Crippen molar-refractivity contribution in [3.8, 4) is 17.1 Å². The van der Waals surface area contributed by atoms with Gasteiger partial charge in [0.2, 0.25) is 4.96 Å². The number of fused-ring (bicyclic) bond motifs is 1. The number of aromatic nitrogens is 4. The Balaban J connectivity index is 1.55. The van der Waals surface area contributed by atoms with Crippen LogP contribution >= 0.6 is 11.3 Å². The molecule has 0 radical (unpaired) electrons. The molecule has 4 rings (SSSR count). The van der Waals surface area contributed by atoms with Crippen molar-refractivity contribution < 1.29 is 9.66 Å². The lowest BCUT2D eigenvalue weighted by molar-refractivity contribution is -0.384. The fourth-order valence-electron chi connectivity index (χ4n) is 2.52. The van der Waals surface area contributed by atoms with Crippen LogP contribution < -0.4 is 4.74 Å². The number of ether oxygens (including phenoxy) is 1. The van der Waals surface area contributed by atoms with Gasteiger partial charge < -0.3 is 4.74 Å². The molecule has 0 unspecified atom stereocenters. The van der Waals surface area contributed by atoms with Gasteiger partial charge in [0.25, 0.3) is 5.69 Å². The van der Waals surface area contributed by atoms with Gasteiger partial charge in [-0.25, -0.2) is 0 Å². The minimum atomic E-state index is -0.445. The van der Waals surface area contributed by atoms with Crippen molar-refractivity contribution in [1.29, 1.82) is 0 Å². The van der Waals surface area contributed by atoms with E-state index >= 15 is 0 Å². The van der Waals surface area contributed by atoms with Crippen LogP contribution in [0.25, 0.3) is 16.3 Å². The van der Waals surface area contributed by atoms with Crippen LogP contribution in [0.2, 0.25) is 0 Å². The van der Waals surface area contributed by atoms with E-state index in [4.69, 9.17) is 4.74 Å². The molecule has 0 saturated carbocycles. The molecule has 0 fully saturated rings. The second-order valence-corrected chi connectivity index (χ2v) is 6.61. The van der Waals surface area contributed by atoms with Gasteiger partial charge in [-0.05, 0) is 24.6 Å². The van der Waals surface area contributed by atoms with E-state index in [1.165, 1.54) is 23.5 Å². The number of hydrogen-bond acceptors (Lipinski definition) is 7. The number of non-ortho nitro benzene ring substituents is 1. The standard InChI is InChI=1S/C17H13N5O3S/c1-11-4-2-3-5-14(11)16-18-19-17-21(16)20-15(26-17)10-25-13-8-6-12(7-9-13)22(23)24/h2-9H,10H2,1H3. The highest BCUT2D eigenvalue weighted by molar-refractivity contribution is 7.16. The van der Waals surface area contributed by atoms with Crippen molar-refractivity contribution in [2.45, 2.75) is 13.5 Å². The topological polar surface area (TPSA) is 95.5 Å². The molecule has 0 atom stereocenters. The summed E-state index contributed by atoms with van der Waals surface area (Å²) in [7, 11) is 0. The molecule has 0 spiro atoms. The predicted molar refractivity (Wildman–Crippen MR) is 96.3 cm³/mol. The van der Waals surface area contributed by atoms with Gasteiger partial charge in [0.1, 0.15) is 12.4 Å². The molecule has 0 bridgehead atoms. The lowest BCUT2D eigenvalue weighted by Crippen LogP contribution is -1.98.